The number of aldehydes is 1. The first-order valence-electron chi connectivity index (χ1n) is 11.2. The molecule has 7 heteroatoms. The van der Waals surface area contributed by atoms with Crippen molar-refractivity contribution in [3.05, 3.63) is 89.3 Å². The zero-order chi connectivity index (χ0) is 24.1. The lowest BCUT2D eigenvalue weighted by Crippen LogP contribution is -2.31. The molecular weight excluding hydrogens is 428 g/mol. The van der Waals surface area contributed by atoms with E-state index in [2.05, 4.69) is 22.4 Å². The van der Waals surface area contributed by atoms with Crippen LogP contribution in [0.1, 0.15) is 38.0 Å². The van der Waals surface area contributed by atoms with E-state index in [1.165, 1.54) is 0 Å². The van der Waals surface area contributed by atoms with Crippen molar-refractivity contribution in [2.45, 2.75) is 38.5 Å². The Bertz CT molecular complexity index is 1290. The Kier molecular flexibility index (Phi) is 6.63. The van der Waals surface area contributed by atoms with Crippen LogP contribution >= 0.6 is 0 Å². The van der Waals surface area contributed by atoms with Crippen molar-refractivity contribution in [3.63, 3.8) is 0 Å². The van der Waals surface area contributed by atoms with E-state index < -0.39 is 5.41 Å². The summed E-state index contributed by atoms with van der Waals surface area (Å²) in [5.74, 6) is 1.49. The van der Waals surface area contributed by atoms with Crippen LogP contribution in [0.15, 0.2) is 82.5 Å². The number of carbonyl (C=O) groups excluding carboxylic acids is 2. The maximum Gasteiger partial charge on any atom is 0.237 e. The quantitative estimate of drug-likeness (QED) is 0.423. The van der Waals surface area contributed by atoms with E-state index in [9.17, 15) is 9.59 Å². The number of allylic oxidation sites excluding steroid dienone is 4. The van der Waals surface area contributed by atoms with E-state index in [1.807, 2.05) is 61.5 Å². The van der Waals surface area contributed by atoms with Gasteiger partial charge in [-0.25, -0.2) is 4.98 Å². The average Bonchev–Trinajstić information content (AvgIpc) is 3.57. The summed E-state index contributed by atoms with van der Waals surface area (Å²) in [5, 5.41) is 14.4. The molecule has 1 aliphatic heterocycles. The maximum atomic E-state index is 12.5. The molecule has 0 radical (unpaired) electrons. The Morgan fingerprint density at radius 2 is 1.94 bits per heavy atom. The molecule has 0 saturated heterocycles. The first kappa shape index (κ1) is 23.0. The second kappa shape index (κ2) is 9.79. The van der Waals surface area contributed by atoms with Crippen LogP contribution < -0.4 is 5.32 Å². The third kappa shape index (κ3) is 4.37. The second-order valence-corrected chi connectivity index (χ2v) is 8.24. The maximum absolute atomic E-state index is 12.5. The van der Waals surface area contributed by atoms with Gasteiger partial charge in [0.25, 0.3) is 0 Å². The van der Waals surface area contributed by atoms with E-state index in [0.29, 0.717) is 24.9 Å². The van der Waals surface area contributed by atoms with Crippen LogP contribution in [-0.2, 0) is 21.4 Å². The number of hydrogen-bond donors (Lipinski definition) is 2. The zero-order valence-corrected chi connectivity index (χ0v) is 19.2. The van der Waals surface area contributed by atoms with E-state index in [4.69, 9.17) is 9.93 Å². The molecular formula is C27H26N4O3. The fourth-order valence-corrected chi connectivity index (χ4v) is 4.41. The van der Waals surface area contributed by atoms with Crippen LogP contribution in [0.25, 0.3) is 11.3 Å². The van der Waals surface area contributed by atoms with Crippen molar-refractivity contribution in [1.29, 1.82) is 5.41 Å². The summed E-state index contributed by atoms with van der Waals surface area (Å²) in [6.45, 7) is 3.96. The molecule has 5 rings (SSSR count). The van der Waals surface area contributed by atoms with E-state index >= 15 is 0 Å². The average molecular weight is 455 g/mol. The molecule has 1 unspecified atom stereocenters. The van der Waals surface area contributed by atoms with Gasteiger partial charge < -0.3 is 9.84 Å². The minimum Gasteiger partial charge on any atom is -0.361 e. The van der Waals surface area contributed by atoms with Gasteiger partial charge in [0, 0.05) is 29.8 Å². The number of rotatable bonds is 4. The summed E-state index contributed by atoms with van der Waals surface area (Å²) in [5.41, 5.74) is 4.07. The number of anilines is 1. The molecule has 2 aromatic heterocycles. The van der Waals surface area contributed by atoms with Gasteiger partial charge in [0.15, 0.2) is 6.29 Å². The normalized spacial score (nSPS) is 20.7. The smallest absolute Gasteiger partial charge is 0.237 e. The molecule has 1 fully saturated rings. The number of aryl methyl sites for hydroxylation is 1. The highest BCUT2D eigenvalue weighted by molar-refractivity contribution is 6.32. The van der Waals surface area contributed by atoms with Crippen molar-refractivity contribution in [2.24, 2.45) is 0 Å². The Labute approximate surface area is 198 Å². The highest BCUT2D eigenvalue weighted by Crippen LogP contribution is 2.52. The third-order valence-electron chi connectivity index (χ3n) is 6.17. The number of amides is 1. The summed E-state index contributed by atoms with van der Waals surface area (Å²) in [6, 6.07) is 15.8. The first-order valence-corrected chi connectivity index (χ1v) is 11.2. The Balaban J connectivity index is 0.000000180. The Hall–Kier alpha value is -4.13. The monoisotopic (exact) mass is 454 g/mol. The van der Waals surface area contributed by atoms with Crippen molar-refractivity contribution in [2.75, 3.05) is 5.32 Å². The van der Waals surface area contributed by atoms with Gasteiger partial charge in [0.05, 0.1) is 11.1 Å². The summed E-state index contributed by atoms with van der Waals surface area (Å²) < 4.78 is 5.12. The number of nitrogens with zero attached hydrogens (tertiary/aromatic N) is 2. The predicted octanol–water partition coefficient (Wildman–Crippen LogP) is 5.06. The van der Waals surface area contributed by atoms with Crippen LogP contribution in [-0.4, -0.2) is 28.0 Å². The number of pyridine rings is 1. The van der Waals surface area contributed by atoms with Crippen LogP contribution in [0.3, 0.4) is 0 Å². The molecule has 1 saturated carbocycles. The first-order chi connectivity index (χ1) is 16.5. The van der Waals surface area contributed by atoms with E-state index in [0.717, 1.165) is 40.1 Å². The van der Waals surface area contributed by atoms with Gasteiger partial charge in [-0.2, -0.15) is 0 Å². The Morgan fingerprint density at radius 3 is 2.62 bits per heavy atom. The van der Waals surface area contributed by atoms with Crippen LogP contribution in [0, 0.1) is 5.41 Å². The van der Waals surface area contributed by atoms with E-state index in [-0.39, 0.29) is 11.6 Å². The minimum atomic E-state index is -0.652. The number of carbonyl (C=O) groups is 2. The molecule has 1 aromatic carbocycles. The summed E-state index contributed by atoms with van der Waals surface area (Å²) in [6.07, 6.45) is 7.62. The van der Waals surface area contributed by atoms with Crippen LogP contribution in [0.2, 0.25) is 0 Å². The lowest BCUT2D eigenvalue weighted by atomic mass is 9.80. The molecule has 3 aromatic rings. The van der Waals surface area contributed by atoms with Crippen molar-refractivity contribution >= 4 is 23.7 Å². The van der Waals surface area contributed by atoms with Crippen LogP contribution in [0.4, 0.5) is 5.82 Å². The van der Waals surface area contributed by atoms with E-state index in [1.54, 1.807) is 12.3 Å². The van der Waals surface area contributed by atoms with Gasteiger partial charge in [-0.1, -0.05) is 54.6 Å². The molecule has 1 aliphatic carbocycles. The highest BCUT2D eigenvalue weighted by atomic mass is 16.5. The number of aromatic nitrogens is 2. The van der Waals surface area contributed by atoms with Gasteiger partial charge in [-0.15, -0.1) is 0 Å². The second-order valence-electron chi connectivity index (χ2n) is 8.24. The van der Waals surface area contributed by atoms with Gasteiger partial charge in [-0.05, 0) is 43.1 Å². The van der Waals surface area contributed by atoms with Crippen molar-refractivity contribution < 1.29 is 14.1 Å². The molecule has 34 heavy (non-hydrogen) atoms. The molecule has 172 valence electrons. The summed E-state index contributed by atoms with van der Waals surface area (Å²) in [4.78, 5) is 27.4. The van der Waals surface area contributed by atoms with Gasteiger partial charge in [0.2, 0.25) is 5.91 Å². The lowest BCUT2D eigenvalue weighted by Gasteiger charge is -2.19. The zero-order valence-electron chi connectivity index (χ0n) is 19.2. The molecule has 1 atom stereocenters. The molecule has 1 amide bonds. The lowest BCUT2D eigenvalue weighted by molar-refractivity contribution is -0.120. The SMILES string of the molecule is C/C=C1/CC2(C/C1=C/C(=N)C=O)C(=O)Nc1ncccc12.CCc1cc(-c2ccccc2)no1. The van der Waals surface area contributed by atoms with Crippen molar-refractivity contribution in [1.82, 2.24) is 10.1 Å². The van der Waals surface area contributed by atoms with Crippen molar-refractivity contribution in [3.8, 4) is 11.3 Å². The van der Waals surface area contributed by atoms with Gasteiger partial charge in [-0.3, -0.25) is 15.0 Å². The van der Waals surface area contributed by atoms with Gasteiger partial charge >= 0.3 is 0 Å². The fraction of sp³-hybridized carbons (Fsp3) is 0.222. The fourth-order valence-electron chi connectivity index (χ4n) is 4.41. The molecule has 7 nitrogen and oxygen atoms in total. The topological polar surface area (TPSA) is 109 Å². The molecule has 2 aliphatic rings. The number of fused-ring (bicyclic) bond motifs is 2. The summed E-state index contributed by atoms with van der Waals surface area (Å²) >= 11 is 0. The predicted molar refractivity (Wildman–Crippen MR) is 131 cm³/mol. The summed E-state index contributed by atoms with van der Waals surface area (Å²) in [7, 11) is 0. The molecule has 2 N–H and O–H groups in total. The molecule has 0 bridgehead atoms. The highest BCUT2D eigenvalue weighted by Gasteiger charge is 2.52. The minimum absolute atomic E-state index is 0.0587. The molecule has 3 heterocycles. The number of nitrogens with one attached hydrogen (secondary N) is 2. The van der Waals surface area contributed by atoms with Gasteiger partial charge in [0.1, 0.15) is 17.3 Å². The third-order valence-corrected chi connectivity index (χ3v) is 6.17. The number of hydrogen-bond acceptors (Lipinski definition) is 6. The Morgan fingerprint density at radius 1 is 1.18 bits per heavy atom. The standard InChI is InChI=1S/C16H15N3O2.C11H11NO/c1-2-10-7-16(8-11(10)6-12(17)9-20)13-4-3-5-18-14(13)19-15(16)21;1-2-10-8-11(12-13-10)9-6-4-3-5-7-9/h2-6,9,17H,7-8H2,1H3,(H,18,19,21);3-8H,2H2,1H3/b10-2-,11-6-,17-12?;. The number of benzene rings is 1. The largest absolute Gasteiger partial charge is 0.361 e. The molecule has 1 spiro atoms. The van der Waals surface area contributed by atoms with Crippen LogP contribution in [0.5, 0.6) is 0 Å².